The van der Waals surface area contributed by atoms with Gasteiger partial charge in [-0.3, -0.25) is 4.79 Å². The fourth-order valence-corrected chi connectivity index (χ4v) is 3.33. The van der Waals surface area contributed by atoms with E-state index in [1.54, 1.807) is 0 Å². The summed E-state index contributed by atoms with van der Waals surface area (Å²) < 4.78 is 0. The molecule has 0 aliphatic heterocycles. The van der Waals surface area contributed by atoms with Crippen LogP contribution in [0.25, 0.3) is 22.3 Å². The van der Waals surface area contributed by atoms with Crippen molar-refractivity contribution in [2.24, 2.45) is 0 Å². The summed E-state index contributed by atoms with van der Waals surface area (Å²) in [6.45, 7) is 4.55. The van der Waals surface area contributed by atoms with E-state index in [0.717, 1.165) is 27.8 Å². The monoisotopic (exact) mass is 343 g/mol. The number of likely N-dealkylation sites (N-methyl/N-ethyl adjacent to an activating group) is 1. The van der Waals surface area contributed by atoms with Gasteiger partial charge >= 0.3 is 0 Å². The molecular weight excluding hydrogens is 318 g/mol. The molecular formula is C24H25NO. The summed E-state index contributed by atoms with van der Waals surface area (Å²) in [6, 6.07) is 22.8. The first-order chi connectivity index (χ1) is 12.5. The quantitative estimate of drug-likeness (QED) is 0.580. The topological polar surface area (TPSA) is 20.3 Å². The van der Waals surface area contributed by atoms with Crippen molar-refractivity contribution in [3.8, 4) is 22.3 Å². The number of Topliss-reactive ketones (excluding diaryl/α,β-unsaturated/α-hetero) is 1. The molecule has 0 aliphatic carbocycles. The Labute approximate surface area is 156 Å². The number of rotatable bonds is 5. The van der Waals surface area contributed by atoms with Gasteiger partial charge in [0.15, 0.2) is 5.78 Å². The van der Waals surface area contributed by atoms with E-state index in [2.05, 4.69) is 62.4 Å². The predicted octanol–water partition coefficient (Wildman–Crippen LogP) is 5.38. The van der Waals surface area contributed by atoms with Gasteiger partial charge in [-0.1, -0.05) is 77.9 Å². The van der Waals surface area contributed by atoms with Crippen LogP contribution < -0.4 is 0 Å². The van der Waals surface area contributed by atoms with Gasteiger partial charge in [-0.15, -0.1) is 0 Å². The highest BCUT2D eigenvalue weighted by Crippen LogP contribution is 2.33. The van der Waals surface area contributed by atoms with Gasteiger partial charge in [-0.2, -0.15) is 0 Å². The summed E-state index contributed by atoms with van der Waals surface area (Å²) in [5, 5.41) is 0. The van der Waals surface area contributed by atoms with Crippen molar-refractivity contribution in [2.45, 2.75) is 13.8 Å². The smallest absolute Gasteiger partial charge is 0.178 e. The van der Waals surface area contributed by atoms with Crippen LogP contribution in [0, 0.1) is 13.8 Å². The second kappa shape index (κ2) is 7.67. The van der Waals surface area contributed by atoms with Crippen LogP contribution in [0.1, 0.15) is 21.5 Å². The van der Waals surface area contributed by atoms with Gasteiger partial charge in [0, 0.05) is 5.56 Å². The van der Waals surface area contributed by atoms with Crippen LogP contribution in [0.15, 0.2) is 66.7 Å². The van der Waals surface area contributed by atoms with Gasteiger partial charge in [0.25, 0.3) is 0 Å². The first kappa shape index (κ1) is 18.1. The van der Waals surface area contributed by atoms with Gasteiger partial charge in [-0.25, -0.2) is 0 Å². The summed E-state index contributed by atoms with van der Waals surface area (Å²) in [5.41, 5.74) is 7.35. The van der Waals surface area contributed by atoms with Gasteiger partial charge in [-0.05, 0) is 50.2 Å². The Balaban J connectivity index is 2.25. The van der Waals surface area contributed by atoms with Gasteiger partial charge in [0.05, 0.1) is 6.54 Å². The zero-order valence-electron chi connectivity index (χ0n) is 15.9. The number of hydrogen-bond donors (Lipinski definition) is 0. The molecule has 0 spiro atoms. The van der Waals surface area contributed by atoms with E-state index in [9.17, 15) is 4.79 Å². The van der Waals surface area contributed by atoms with Crippen LogP contribution in [-0.2, 0) is 0 Å². The largest absolute Gasteiger partial charge is 0.302 e. The molecule has 0 aliphatic rings. The number of carbonyl (C=O) groups excluding carboxylic acids is 1. The van der Waals surface area contributed by atoms with Crippen molar-refractivity contribution in [3.63, 3.8) is 0 Å². The number of aryl methyl sites for hydroxylation is 2. The van der Waals surface area contributed by atoms with Gasteiger partial charge < -0.3 is 4.90 Å². The van der Waals surface area contributed by atoms with Gasteiger partial charge in [0.1, 0.15) is 0 Å². The summed E-state index contributed by atoms with van der Waals surface area (Å²) in [4.78, 5) is 15.1. The number of nitrogens with zero attached hydrogens (tertiary/aromatic N) is 1. The molecule has 0 bridgehead atoms. The molecule has 0 unspecified atom stereocenters. The minimum absolute atomic E-state index is 0.142. The summed E-state index contributed by atoms with van der Waals surface area (Å²) in [6.07, 6.45) is 0. The summed E-state index contributed by atoms with van der Waals surface area (Å²) >= 11 is 0. The molecule has 0 N–H and O–H groups in total. The molecule has 2 heteroatoms. The summed E-state index contributed by atoms with van der Waals surface area (Å²) in [5.74, 6) is 0.142. The minimum atomic E-state index is 0.142. The lowest BCUT2D eigenvalue weighted by Crippen LogP contribution is -2.22. The van der Waals surface area contributed by atoms with Crippen molar-refractivity contribution in [3.05, 3.63) is 83.4 Å². The number of carbonyl (C=O) groups is 1. The molecule has 0 aromatic heterocycles. The van der Waals surface area contributed by atoms with E-state index in [-0.39, 0.29) is 5.78 Å². The van der Waals surface area contributed by atoms with E-state index in [4.69, 9.17) is 0 Å². The second-order valence-electron chi connectivity index (χ2n) is 7.13. The highest BCUT2D eigenvalue weighted by atomic mass is 16.1. The van der Waals surface area contributed by atoms with Crippen LogP contribution in [-0.4, -0.2) is 31.3 Å². The first-order valence-electron chi connectivity index (χ1n) is 8.91. The van der Waals surface area contributed by atoms with Crippen LogP contribution in [0.3, 0.4) is 0 Å². The molecule has 0 fully saturated rings. The lowest BCUT2D eigenvalue weighted by atomic mass is 9.88. The fraction of sp³-hybridized carbons (Fsp3) is 0.208. The zero-order chi connectivity index (χ0) is 18.7. The number of ketones is 1. The predicted molar refractivity (Wildman–Crippen MR) is 110 cm³/mol. The Morgan fingerprint density at radius 3 is 1.65 bits per heavy atom. The summed E-state index contributed by atoms with van der Waals surface area (Å²) in [7, 11) is 3.86. The Bertz CT molecular complexity index is 877. The van der Waals surface area contributed by atoms with E-state index in [1.807, 2.05) is 37.2 Å². The Morgan fingerprint density at radius 1 is 0.769 bits per heavy atom. The Kier molecular flexibility index (Phi) is 5.34. The maximum Gasteiger partial charge on any atom is 0.178 e. The fourth-order valence-electron chi connectivity index (χ4n) is 3.33. The molecule has 3 aromatic rings. The maximum absolute atomic E-state index is 13.2. The molecule has 132 valence electrons. The van der Waals surface area contributed by atoms with Crippen LogP contribution >= 0.6 is 0 Å². The normalized spacial score (nSPS) is 11.0. The first-order valence-corrected chi connectivity index (χ1v) is 8.91. The third-order valence-corrected chi connectivity index (χ3v) is 4.46. The minimum Gasteiger partial charge on any atom is -0.302 e. The maximum atomic E-state index is 13.2. The third-order valence-electron chi connectivity index (χ3n) is 4.46. The van der Waals surface area contributed by atoms with E-state index in [0.29, 0.717) is 6.54 Å². The van der Waals surface area contributed by atoms with E-state index >= 15 is 0 Å². The SMILES string of the molecule is Cc1cccc(-c2cccc(-c3cccc(C)c3)c2C(=O)CN(C)C)c1. The lowest BCUT2D eigenvalue weighted by Gasteiger charge is -2.17. The third kappa shape index (κ3) is 3.92. The molecule has 0 atom stereocenters. The van der Waals surface area contributed by atoms with Crippen LogP contribution in [0.5, 0.6) is 0 Å². The van der Waals surface area contributed by atoms with Gasteiger partial charge in [0.2, 0.25) is 0 Å². The van der Waals surface area contributed by atoms with Crippen molar-refractivity contribution in [1.29, 1.82) is 0 Å². The number of hydrogen-bond acceptors (Lipinski definition) is 2. The van der Waals surface area contributed by atoms with E-state index in [1.165, 1.54) is 11.1 Å². The molecule has 0 saturated carbocycles. The molecule has 2 nitrogen and oxygen atoms in total. The lowest BCUT2D eigenvalue weighted by molar-refractivity contribution is 0.0959. The molecule has 0 saturated heterocycles. The molecule has 3 rings (SSSR count). The molecule has 0 radical (unpaired) electrons. The highest BCUT2D eigenvalue weighted by molar-refractivity contribution is 6.09. The zero-order valence-corrected chi connectivity index (χ0v) is 15.9. The Morgan fingerprint density at radius 2 is 1.23 bits per heavy atom. The van der Waals surface area contributed by atoms with Crippen LogP contribution in [0.2, 0.25) is 0 Å². The van der Waals surface area contributed by atoms with E-state index < -0.39 is 0 Å². The van der Waals surface area contributed by atoms with Crippen molar-refractivity contribution in [1.82, 2.24) is 4.90 Å². The number of benzene rings is 3. The molecule has 3 aromatic carbocycles. The average molecular weight is 343 g/mol. The van der Waals surface area contributed by atoms with Crippen molar-refractivity contribution < 1.29 is 4.79 Å². The average Bonchev–Trinajstić information content (AvgIpc) is 2.60. The van der Waals surface area contributed by atoms with Crippen LogP contribution in [0.4, 0.5) is 0 Å². The molecule has 0 amide bonds. The van der Waals surface area contributed by atoms with Crippen molar-refractivity contribution >= 4 is 5.78 Å². The second-order valence-corrected chi connectivity index (χ2v) is 7.13. The highest BCUT2D eigenvalue weighted by Gasteiger charge is 2.19. The standard InChI is InChI=1S/C24H25NO/c1-17-8-5-10-19(14-17)21-12-7-13-22(20-11-6-9-18(2)15-20)24(21)23(26)16-25(3)4/h5-15H,16H2,1-4H3. The molecule has 0 heterocycles. The Hall–Kier alpha value is -2.71. The van der Waals surface area contributed by atoms with Crippen molar-refractivity contribution in [2.75, 3.05) is 20.6 Å². The molecule has 26 heavy (non-hydrogen) atoms.